The lowest BCUT2D eigenvalue weighted by Crippen LogP contribution is -2.29. The standard InChI is InChI=1S/C19H26N2O2S/c1-5-19(3,4)12-7-8-14-11(9-12)10-13-15(20)16(18(22)23-6-2)24-17(13)21-14/h10,12H,5-9,20H2,1-4H3. The minimum absolute atomic E-state index is 0.336. The molecule has 24 heavy (non-hydrogen) atoms. The molecule has 0 aromatic carbocycles. The van der Waals surface area contributed by atoms with E-state index in [-0.39, 0.29) is 5.97 Å². The zero-order valence-corrected chi connectivity index (χ0v) is 15.8. The van der Waals surface area contributed by atoms with E-state index in [4.69, 9.17) is 15.5 Å². The second-order valence-electron chi connectivity index (χ2n) is 7.29. The molecular weight excluding hydrogens is 320 g/mol. The van der Waals surface area contributed by atoms with Crippen LogP contribution in [0.3, 0.4) is 0 Å². The van der Waals surface area contributed by atoms with Crippen LogP contribution in [-0.2, 0) is 17.6 Å². The lowest BCUT2D eigenvalue weighted by molar-refractivity contribution is 0.0533. The summed E-state index contributed by atoms with van der Waals surface area (Å²) in [5, 5.41) is 0.900. The monoisotopic (exact) mass is 346 g/mol. The number of thiophene rings is 1. The topological polar surface area (TPSA) is 65.2 Å². The Labute approximate surface area is 147 Å². The van der Waals surface area contributed by atoms with Crippen LogP contribution >= 0.6 is 11.3 Å². The Kier molecular flexibility index (Phi) is 4.56. The Morgan fingerprint density at radius 1 is 1.46 bits per heavy atom. The maximum atomic E-state index is 12.1. The molecule has 5 heteroatoms. The smallest absolute Gasteiger partial charge is 0.350 e. The normalized spacial score (nSPS) is 17.8. The van der Waals surface area contributed by atoms with Gasteiger partial charge in [-0.25, -0.2) is 9.78 Å². The predicted octanol–water partition coefficient (Wildman–Crippen LogP) is 4.60. The van der Waals surface area contributed by atoms with Crippen molar-refractivity contribution in [3.05, 3.63) is 22.2 Å². The highest BCUT2D eigenvalue weighted by Crippen LogP contribution is 2.42. The number of ether oxygens (including phenoxy) is 1. The van der Waals surface area contributed by atoms with E-state index in [2.05, 4.69) is 26.8 Å². The van der Waals surface area contributed by atoms with E-state index in [1.165, 1.54) is 35.4 Å². The van der Waals surface area contributed by atoms with Crippen molar-refractivity contribution < 1.29 is 9.53 Å². The first-order valence-corrected chi connectivity index (χ1v) is 9.56. The number of fused-ring (bicyclic) bond motifs is 2. The summed E-state index contributed by atoms with van der Waals surface area (Å²) >= 11 is 1.34. The van der Waals surface area contributed by atoms with Gasteiger partial charge in [0, 0.05) is 11.1 Å². The molecule has 4 nitrogen and oxygen atoms in total. The van der Waals surface area contributed by atoms with Crippen LogP contribution in [-0.4, -0.2) is 17.6 Å². The van der Waals surface area contributed by atoms with Crippen molar-refractivity contribution in [3.8, 4) is 0 Å². The van der Waals surface area contributed by atoms with Gasteiger partial charge in [-0.2, -0.15) is 0 Å². The fraction of sp³-hybridized carbons (Fsp3) is 0.579. The molecule has 0 bridgehead atoms. The number of rotatable bonds is 4. The first kappa shape index (κ1) is 17.2. The van der Waals surface area contributed by atoms with E-state index in [0.717, 1.165) is 23.1 Å². The van der Waals surface area contributed by atoms with Crippen molar-refractivity contribution >= 4 is 33.2 Å². The molecule has 3 rings (SSSR count). The lowest BCUT2D eigenvalue weighted by atomic mass is 9.69. The first-order valence-electron chi connectivity index (χ1n) is 8.75. The second-order valence-corrected chi connectivity index (χ2v) is 8.29. The van der Waals surface area contributed by atoms with Crippen LogP contribution in [0.1, 0.15) is 61.5 Å². The summed E-state index contributed by atoms with van der Waals surface area (Å²) in [4.78, 5) is 18.2. The lowest BCUT2D eigenvalue weighted by Gasteiger charge is -2.36. The third kappa shape index (κ3) is 2.90. The van der Waals surface area contributed by atoms with Gasteiger partial charge in [-0.05, 0) is 49.1 Å². The Balaban J connectivity index is 2.00. The quantitative estimate of drug-likeness (QED) is 0.822. The van der Waals surface area contributed by atoms with Crippen molar-refractivity contribution in [3.63, 3.8) is 0 Å². The number of nitrogens with zero attached hydrogens (tertiary/aromatic N) is 1. The van der Waals surface area contributed by atoms with Crippen LogP contribution < -0.4 is 5.73 Å². The molecule has 2 heterocycles. The summed E-state index contributed by atoms with van der Waals surface area (Å²) < 4.78 is 5.10. The molecule has 1 atom stereocenters. The third-order valence-electron chi connectivity index (χ3n) is 5.56. The van der Waals surface area contributed by atoms with E-state index >= 15 is 0 Å². The van der Waals surface area contributed by atoms with Crippen LogP contribution in [0.2, 0.25) is 0 Å². The average molecular weight is 346 g/mol. The van der Waals surface area contributed by atoms with Gasteiger partial charge in [-0.15, -0.1) is 11.3 Å². The molecule has 1 aliphatic carbocycles. The van der Waals surface area contributed by atoms with Gasteiger partial charge in [0.15, 0.2) is 0 Å². The number of carbonyl (C=O) groups excluding carboxylic acids is 1. The molecule has 1 unspecified atom stereocenters. The van der Waals surface area contributed by atoms with Crippen molar-refractivity contribution in [2.45, 2.75) is 53.4 Å². The van der Waals surface area contributed by atoms with Gasteiger partial charge in [-0.3, -0.25) is 0 Å². The summed E-state index contributed by atoms with van der Waals surface area (Å²) in [6.45, 7) is 9.12. The molecule has 0 radical (unpaired) electrons. The first-order chi connectivity index (χ1) is 11.4. The summed E-state index contributed by atoms with van der Waals surface area (Å²) in [6.07, 6.45) is 4.41. The Morgan fingerprint density at radius 3 is 2.88 bits per heavy atom. The summed E-state index contributed by atoms with van der Waals surface area (Å²) in [5.74, 6) is 0.319. The van der Waals surface area contributed by atoms with Crippen LogP contribution in [0.15, 0.2) is 6.07 Å². The highest BCUT2D eigenvalue weighted by molar-refractivity contribution is 7.21. The summed E-state index contributed by atoms with van der Waals surface area (Å²) in [7, 11) is 0. The fourth-order valence-corrected chi connectivity index (χ4v) is 4.48. The molecule has 0 saturated carbocycles. The molecule has 0 aliphatic heterocycles. The molecule has 2 aromatic heterocycles. The van der Waals surface area contributed by atoms with E-state index < -0.39 is 0 Å². The Hall–Kier alpha value is -1.62. The van der Waals surface area contributed by atoms with Gasteiger partial charge in [0.05, 0.1) is 12.3 Å². The molecular formula is C19H26N2O2S. The van der Waals surface area contributed by atoms with E-state index in [1.807, 2.05) is 0 Å². The number of hydrogen-bond acceptors (Lipinski definition) is 5. The van der Waals surface area contributed by atoms with Gasteiger partial charge in [0.1, 0.15) is 9.71 Å². The van der Waals surface area contributed by atoms with E-state index in [9.17, 15) is 4.79 Å². The van der Waals surface area contributed by atoms with Gasteiger partial charge in [0.2, 0.25) is 0 Å². The van der Waals surface area contributed by atoms with Crippen molar-refractivity contribution in [1.82, 2.24) is 4.98 Å². The number of aromatic nitrogens is 1. The van der Waals surface area contributed by atoms with Crippen LogP contribution in [0, 0.1) is 11.3 Å². The van der Waals surface area contributed by atoms with Crippen LogP contribution in [0.5, 0.6) is 0 Å². The minimum Gasteiger partial charge on any atom is -0.462 e. The average Bonchev–Trinajstić information content (AvgIpc) is 2.89. The fourth-order valence-electron chi connectivity index (χ4n) is 3.49. The van der Waals surface area contributed by atoms with Gasteiger partial charge < -0.3 is 10.5 Å². The molecule has 130 valence electrons. The maximum Gasteiger partial charge on any atom is 0.350 e. The number of aryl methyl sites for hydroxylation is 1. The third-order valence-corrected chi connectivity index (χ3v) is 6.66. The number of anilines is 1. The SMILES string of the molecule is CCOC(=O)c1sc2nc3c(cc2c1N)CC(C(C)(C)CC)CC3. The number of pyridine rings is 1. The van der Waals surface area contributed by atoms with Crippen LogP contribution in [0.25, 0.3) is 10.2 Å². The number of esters is 1. The molecule has 0 spiro atoms. The molecule has 1 aliphatic rings. The highest BCUT2D eigenvalue weighted by atomic mass is 32.1. The van der Waals surface area contributed by atoms with Crippen molar-refractivity contribution in [2.75, 3.05) is 12.3 Å². The second kappa shape index (κ2) is 6.36. The molecule has 0 saturated heterocycles. The predicted molar refractivity (Wildman–Crippen MR) is 99.6 cm³/mol. The van der Waals surface area contributed by atoms with Gasteiger partial charge in [0.25, 0.3) is 0 Å². The molecule has 2 N–H and O–H groups in total. The maximum absolute atomic E-state index is 12.1. The van der Waals surface area contributed by atoms with E-state index in [1.54, 1.807) is 6.92 Å². The largest absolute Gasteiger partial charge is 0.462 e. The number of carbonyl (C=O) groups is 1. The van der Waals surface area contributed by atoms with E-state index in [0.29, 0.717) is 28.5 Å². The Bertz CT molecular complexity index is 779. The molecule has 0 amide bonds. The molecule has 0 fully saturated rings. The van der Waals surface area contributed by atoms with Crippen molar-refractivity contribution in [1.29, 1.82) is 0 Å². The zero-order chi connectivity index (χ0) is 17.5. The number of nitrogens with two attached hydrogens (primary N) is 1. The molecule has 2 aromatic rings. The van der Waals surface area contributed by atoms with Gasteiger partial charge >= 0.3 is 5.97 Å². The Morgan fingerprint density at radius 2 is 2.21 bits per heavy atom. The van der Waals surface area contributed by atoms with Gasteiger partial charge in [-0.1, -0.05) is 27.2 Å². The van der Waals surface area contributed by atoms with Crippen LogP contribution in [0.4, 0.5) is 5.69 Å². The number of hydrogen-bond donors (Lipinski definition) is 1. The number of nitrogen functional groups attached to an aromatic ring is 1. The minimum atomic E-state index is -0.346. The summed E-state index contributed by atoms with van der Waals surface area (Å²) in [5.41, 5.74) is 9.53. The highest BCUT2D eigenvalue weighted by Gasteiger charge is 2.32. The van der Waals surface area contributed by atoms with Crippen molar-refractivity contribution in [2.24, 2.45) is 11.3 Å². The zero-order valence-electron chi connectivity index (χ0n) is 14.9. The summed E-state index contributed by atoms with van der Waals surface area (Å²) in [6, 6.07) is 2.16.